The van der Waals surface area contributed by atoms with Crippen molar-refractivity contribution in [3.8, 4) is 0 Å². The zero-order valence-electron chi connectivity index (χ0n) is 10.2. The lowest BCUT2D eigenvalue weighted by atomic mass is 10.0. The number of ether oxygens (including phenoxy) is 1. The zero-order chi connectivity index (χ0) is 13.2. The van der Waals surface area contributed by atoms with Crippen LogP contribution in [0, 0.1) is 0 Å². The summed E-state index contributed by atoms with van der Waals surface area (Å²) in [6, 6.07) is -0.0632. The van der Waals surface area contributed by atoms with Crippen molar-refractivity contribution < 1.29 is 23.0 Å². The first-order chi connectivity index (χ1) is 8.46. The van der Waals surface area contributed by atoms with E-state index in [1.54, 1.807) is 0 Å². The van der Waals surface area contributed by atoms with Crippen LogP contribution >= 0.6 is 0 Å². The van der Waals surface area contributed by atoms with Gasteiger partial charge in [0.2, 0.25) is 0 Å². The topological polar surface area (TPSA) is 35.9 Å². The van der Waals surface area contributed by atoms with Crippen LogP contribution in [0.25, 0.3) is 0 Å². The molecule has 7 heteroatoms. The summed E-state index contributed by atoms with van der Waals surface area (Å²) in [6.45, 7) is 2.09. The molecule has 2 fully saturated rings. The molecule has 0 spiro atoms. The van der Waals surface area contributed by atoms with Crippen LogP contribution in [-0.4, -0.2) is 79.2 Å². The van der Waals surface area contributed by atoms with Crippen LogP contribution in [0.15, 0.2) is 0 Å². The summed E-state index contributed by atoms with van der Waals surface area (Å²) < 4.78 is 42.0. The van der Waals surface area contributed by atoms with Crippen LogP contribution < -0.4 is 0 Å². The van der Waals surface area contributed by atoms with Crippen LogP contribution in [0.4, 0.5) is 13.2 Å². The van der Waals surface area contributed by atoms with Gasteiger partial charge in [-0.3, -0.25) is 9.80 Å². The normalized spacial score (nSPS) is 32.7. The summed E-state index contributed by atoms with van der Waals surface area (Å²) in [6.07, 6.45) is -3.95. The highest BCUT2D eigenvalue weighted by molar-refractivity contribution is 4.85. The van der Waals surface area contributed by atoms with E-state index in [4.69, 9.17) is 4.74 Å². The molecule has 0 aromatic rings. The van der Waals surface area contributed by atoms with E-state index in [1.807, 2.05) is 4.90 Å². The van der Waals surface area contributed by atoms with Gasteiger partial charge in [-0.25, -0.2) is 0 Å². The summed E-state index contributed by atoms with van der Waals surface area (Å²) in [4.78, 5) is 3.45. The molecule has 2 atom stereocenters. The van der Waals surface area contributed by atoms with Crippen molar-refractivity contribution >= 4 is 0 Å². The van der Waals surface area contributed by atoms with Gasteiger partial charge in [0.05, 0.1) is 25.3 Å². The Kier molecular flexibility index (Phi) is 4.47. The minimum absolute atomic E-state index is 0.0632. The van der Waals surface area contributed by atoms with Crippen molar-refractivity contribution in [1.29, 1.82) is 0 Å². The van der Waals surface area contributed by atoms with E-state index in [-0.39, 0.29) is 6.04 Å². The molecular weight excluding hydrogens is 249 g/mol. The van der Waals surface area contributed by atoms with Gasteiger partial charge >= 0.3 is 6.18 Å². The van der Waals surface area contributed by atoms with E-state index in [1.165, 1.54) is 4.90 Å². The van der Waals surface area contributed by atoms with Crippen LogP contribution in [0.1, 0.15) is 6.42 Å². The highest BCUT2D eigenvalue weighted by Crippen LogP contribution is 2.20. The Morgan fingerprint density at radius 1 is 1.17 bits per heavy atom. The summed E-state index contributed by atoms with van der Waals surface area (Å²) >= 11 is 0. The van der Waals surface area contributed by atoms with Crippen molar-refractivity contribution in [2.75, 3.05) is 45.9 Å². The molecule has 2 rings (SSSR count). The summed E-state index contributed by atoms with van der Waals surface area (Å²) in [5.41, 5.74) is 0. The highest BCUT2D eigenvalue weighted by Gasteiger charge is 2.35. The van der Waals surface area contributed by atoms with E-state index in [2.05, 4.69) is 0 Å². The number of piperazine rings is 1. The van der Waals surface area contributed by atoms with Gasteiger partial charge in [-0.2, -0.15) is 13.2 Å². The molecule has 0 bridgehead atoms. The third-order valence-electron chi connectivity index (χ3n) is 3.57. The van der Waals surface area contributed by atoms with Gasteiger partial charge in [0.25, 0.3) is 0 Å². The average molecular weight is 268 g/mol. The molecule has 18 heavy (non-hydrogen) atoms. The molecule has 2 aliphatic rings. The Bertz CT molecular complexity index is 268. The first kappa shape index (κ1) is 14.0. The van der Waals surface area contributed by atoms with Crippen LogP contribution in [-0.2, 0) is 4.74 Å². The molecule has 2 heterocycles. The molecule has 0 radical (unpaired) electrons. The molecular formula is C11H19F3N2O2. The Balaban J connectivity index is 1.79. The predicted molar refractivity (Wildman–Crippen MR) is 59.3 cm³/mol. The first-order valence-electron chi connectivity index (χ1n) is 6.25. The highest BCUT2D eigenvalue weighted by atomic mass is 19.4. The third-order valence-corrected chi connectivity index (χ3v) is 3.57. The molecule has 2 unspecified atom stereocenters. The number of rotatable bonds is 2. The fraction of sp³-hybridized carbons (Fsp3) is 1.00. The predicted octanol–water partition coefficient (Wildman–Crippen LogP) is 0.316. The fourth-order valence-corrected chi connectivity index (χ4v) is 2.57. The summed E-state index contributed by atoms with van der Waals surface area (Å²) in [5, 5.41) is 9.86. The number of alkyl halides is 3. The van der Waals surface area contributed by atoms with E-state index < -0.39 is 18.8 Å². The molecule has 0 aliphatic carbocycles. The lowest BCUT2D eigenvalue weighted by Crippen LogP contribution is -2.57. The quantitative estimate of drug-likeness (QED) is 0.782. The minimum Gasteiger partial charge on any atom is -0.391 e. The molecule has 2 aliphatic heterocycles. The Labute approximate surface area is 104 Å². The lowest BCUT2D eigenvalue weighted by molar-refractivity contribution is -0.152. The van der Waals surface area contributed by atoms with Crippen LogP contribution in [0.2, 0.25) is 0 Å². The smallest absolute Gasteiger partial charge is 0.391 e. The second-order valence-electron chi connectivity index (χ2n) is 4.93. The van der Waals surface area contributed by atoms with Crippen LogP contribution in [0.3, 0.4) is 0 Å². The molecule has 1 N–H and O–H groups in total. The standard InChI is InChI=1S/C11H19F3N2O2/c12-11(13,14)8-15-2-4-16(5-3-15)9-7-18-6-1-10(9)17/h9-10,17H,1-8H2. The van der Waals surface area contributed by atoms with Gasteiger partial charge in [0.1, 0.15) is 0 Å². The van der Waals surface area contributed by atoms with Gasteiger partial charge in [-0.15, -0.1) is 0 Å². The fourth-order valence-electron chi connectivity index (χ4n) is 2.57. The molecule has 0 amide bonds. The molecule has 0 aromatic carbocycles. The van der Waals surface area contributed by atoms with Crippen LogP contribution in [0.5, 0.6) is 0 Å². The van der Waals surface area contributed by atoms with Crippen molar-refractivity contribution in [1.82, 2.24) is 9.80 Å². The largest absolute Gasteiger partial charge is 0.401 e. The molecule has 0 aromatic heterocycles. The van der Waals surface area contributed by atoms with Crippen molar-refractivity contribution in [2.24, 2.45) is 0 Å². The van der Waals surface area contributed by atoms with Crippen molar-refractivity contribution in [3.63, 3.8) is 0 Å². The van der Waals surface area contributed by atoms with E-state index in [9.17, 15) is 18.3 Å². The molecule has 106 valence electrons. The first-order valence-corrected chi connectivity index (χ1v) is 6.25. The summed E-state index contributed by atoms with van der Waals surface area (Å²) in [7, 11) is 0. The maximum atomic E-state index is 12.2. The van der Waals surface area contributed by atoms with E-state index in [0.717, 1.165) is 0 Å². The zero-order valence-corrected chi connectivity index (χ0v) is 10.2. The van der Waals surface area contributed by atoms with Crippen molar-refractivity contribution in [3.05, 3.63) is 0 Å². The maximum Gasteiger partial charge on any atom is 0.401 e. The average Bonchev–Trinajstić information content (AvgIpc) is 2.29. The van der Waals surface area contributed by atoms with Gasteiger partial charge in [0, 0.05) is 32.8 Å². The third kappa shape index (κ3) is 3.81. The van der Waals surface area contributed by atoms with E-state index in [0.29, 0.717) is 45.8 Å². The number of aliphatic hydroxyl groups is 1. The van der Waals surface area contributed by atoms with Gasteiger partial charge in [-0.05, 0) is 6.42 Å². The Hall–Kier alpha value is -0.370. The number of halogens is 3. The number of nitrogens with zero attached hydrogens (tertiary/aromatic N) is 2. The van der Waals surface area contributed by atoms with Gasteiger partial charge in [0.15, 0.2) is 0 Å². The SMILES string of the molecule is OC1CCOCC1N1CCN(CC(F)(F)F)CC1. The maximum absolute atomic E-state index is 12.2. The Morgan fingerprint density at radius 2 is 1.83 bits per heavy atom. The number of hydrogen-bond acceptors (Lipinski definition) is 4. The molecule has 0 saturated carbocycles. The van der Waals surface area contributed by atoms with Gasteiger partial charge < -0.3 is 9.84 Å². The lowest BCUT2D eigenvalue weighted by Gasteiger charge is -2.42. The number of hydrogen-bond donors (Lipinski definition) is 1. The molecule has 4 nitrogen and oxygen atoms in total. The Morgan fingerprint density at radius 3 is 2.39 bits per heavy atom. The molecule has 2 saturated heterocycles. The number of aliphatic hydroxyl groups excluding tert-OH is 1. The monoisotopic (exact) mass is 268 g/mol. The van der Waals surface area contributed by atoms with E-state index >= 15 is 0 Å². The second kappa shape index (κ2) is 5.73. The minimum atomic E-state index is -4.13. The van der Waals surface area contributed by atoms with Crippen molar-refractivity contribution in [2.45, 2.75) is 24.7 Å². The summed E-state index contributed by atoms with van der Waals surface area (Å²) in [5.74, 6) is 0. The second-order valence-corrected chi connectivity index (χ2v) is 4.93. The van der Waals surface area contributed by atoms with Gasteiger partial charge in [-0.1, -0.05) is 0 Å².